The number of hydrogen-bond donors (Lipinski definition) is 2. The quantitative estimate of drug-likeness (QED) is 0.442. The number of aryl methyl sites for hydroxylation is 1. The molecule has 2 fully saturated rings. The summed E-state index contributed by atoms with van der Waals surface area (Å²) in [5, 5.41) is 22.6. The Morgan fingerprint density at radius 2 is 1.09 bits per heavy atom. The highest BCUT2D eigenvalue weighted by molar-refractivity contribution is 6.07. The third kappa shape index (κ3) is 3.69. The molecule has 0 atom stereocenters. The second kappa shape index (κ2) is 8.43. The fraction of sp³-hybridized carbons (Fsp3) is 0.464. The van der Waals surface area contributed by atoms with Crippen LogP contribution in [-0.4, -0.2) is 37.5 Å². The van der Waals surface area contributed by atoms with E-state index in [4.69, 9.17) is 0 Å². The van der Waals surface area contributed by atoms with Gasteiger partial charge in [0.2, 0.25) is 0 Å². The van der Waals surface area contributed by atoms with Crippen molar-refractivity contribution in [2.45, 2.75) is 75.4 Å². The van der Waals surface area contributed by atoms with Crippen molar-refractivity contribution >= 4 is 33.4 Å². The van der Waals surface area contributed by atoms with Crippen LogP contribution in [0.3, 0.4) is 0 Å². The molecule has 2 N–H and O–H groups in total. The molecule has 2 saturated carbocycles. The third-order valence-electron chi connectivity index (χ3n) is 7.94. The van der Waals surface area contributed by atoms with Gasteiger partial charge in [-0.2, -0.15) is 0 Å². The first-order valence-corrected chi connectivity index (χ1v) is 12.3. The molecule has 178 valence electrons. The van der Waals surface area contributed by atoms with Crippen LogP contribution in [0.4, 0.5) is 0 Å². The molecule has 0 radical (unpaired) electrons. The smallest absolute Gasteiger partial charge is 0.197 e. The Labute approximate surface area is 198 Å². The van der Waals surface area contributed by atoms with Crippen LogP contribution >= 0.6 is 0 Å². The van der Waals surface area contributed by atoms with E-state index in [9.17, 15) is 24.6 Å². The Morgan fingerprint density at radius 3 is 1.47 bits per heavy atom. The van der Waals surface area contributed by atoms with Gasteiger partial charge in [0, 0.05) is 28.9 Å². The lowest BCUT2D eigenvalue weighted by Gasteiger charge is -2.30. The summed E-state index contributed by atoms with van der Waals surface area (Å²) in [6.45, 7) is 0. The average Bonchev–Trinajstić information content (AvgIpc) is 2.86. The molecule has 0 bridgehead atoms. The Kier molecular flexibility index (Phi) is 5.69. The molecule has 0 saturated heterocycles. The SMILES string of the molecule is Cn1c2ccc(C(=O)C3(O)CCCCC3)cc2c(=O)c2cc(C(=O)C3(O)CCCCC3)ccc21. The summed E-state index contributed by atoms with van der Waals surface area (Å²) in [6, 6.07) is 10.0. The average molecular weight is 462 g/mol. The molecule has 6 heteroatoms. The van der Waals surface area contributed by atoms with E-state index in [1.807, 2.05) is 11.6 Å². The van der Waals surface area contributed by atoms with Crippen molar-refractivity contribution in [3.8, 4) is 0 Å². The van der Waals surface area contributed by atoms with Gasteiger partial charge in [-0.3, -0.25) is 14.4 Å². The normalized spacial score (nSPS) is 19.9. The molecular weight excluding hydrogens is 430 g/mol. The molecule has 2 aromatic carbocycles. The minimum Gasteiger partial charge on any atom is -0.382 e. The van der Waals surface area contributed by atoms with E-state index < -0.39 is 11.2 Å². The number of nitrogens with zero attached hydrogens (tertiary/aromatic N) is 1. The lowest BCUT2D eigenvalue weighted by atomic mass is 9.79. The van der Waals surface area contributed by atoms with Gasteiger partial charge in [-0.1, -0.05) is 38.5 Å². The standard InChI is InChI=1S/C28H31NO5/c1-29-22-10-8-18(25(31)27(33)12-4-2-5-13-27)16-20(22)24(30)21-17-19(9-11-23(21)29)26(32)28(34)14-6-3-7-15-28/h8-11,16-17,33-34H,2-7,12-15H2,1H3. The number of hydrogen-bond acceptors (Lipinski definition) is 5. The maximum absolute atomic E-state index is 13.5. The molecule has 0 aliphatic heterocycles. The van der Waals surface area contributed by atoms with Crippen molar-refractivity contribution in [2.24, 2.45) is 7.05 Å². The first-order valence-electron chi connectivity index (χ1n) is 12.3. The number of benzene rings is 2. The zero-order valence-corrected chi connectivity index (χ0v) is 19.6. The van der Waals surface area contributed by atoms with Crippen LogP contribution in [0.15, 0.2) is 41.2 Å². The van der Waals surface area contributed by atoms with Crippen molar-refractivity contribution < 1.29 is 19.8 Å². The topological polar surface area (TPSA) is 96.6 Å². The Hall–Kier alpha value is -2.83. The molecular formula is C28H31NO5. The van der Waals surface area contributed by atoms with E-state index >= 15 is 0 Å². The molecule has 5 rings (SSSR count). The summed E-state index contributed by atoms with van der Waals surface area (Å²) >= 11 is 0. The summed E-state index contributed by atoms with van der Waals surface area (Å²) in [7, 11) is 1.84. The number of aliphatic hydroxyl groups is 2. The summed E-state index contributed by atoms with van der Waals surface area (Å²) < 4.78 is 1.87. The molecule has 2 aliphatic rings. The second-order valence-electron chi connectivity index (χ2n) is 10.2. The van der Waals surface area contributed by atoms with E-state index in [1.165, 1.54) is 0 Å². The monoisotopic (exact) mass is 461 g/mol. The minimum atomic E-state index is -1.37. The largest absolute Gasteiger partial charge is 0.382 e. The van der Waals surface area contributed by atoms with Gasteiger partial charge in [0.15, 0.2) is 17.0 Å². The number of fused-ring (bicyclic) bond motifs is 2. The number of ketones is 2. The summed E-state index contributed by atoms with van der Waals surface area (Å²) in [5.74, 6) is -0.667. The van der Waals surface area contributed by atoms with Crippen molar-refractivity contribution in [1.82, 2.24) is 4.57 Å². The fourth-order valence-corrected chi connectivity index (χ4v) is 5.84. The first kappa shape index (κ1) is 22.9. The molecule has 0 spiro atoms. The Bertz CT molecular complexity index is 1260. The van der Waals surface area contributed by atoms with E-state index in [0.717, 1.165) is 38.5 Å². The van der Waals surface area contributed by atoms with Crippen LogP contribution in [0.5, 0.6) is 0 Å². The molecule has 6 nitrogen and oxygen atoms in total. The predicted molar refractivity (Wildman–Crippen MR) is 131 cm³/mol. The van der Waals surface area contributed by atoms with Crippen LogP contribution in [0.25, 0.3) is 21.8 Å². The second-order valence-corrected chi connectivity index (χ2v) is 10.2. The molecule has 2 aliphatic carbocycles. The van der Waals surface area contributed by atoms with Crippen LogP contribution < -0.4 is 5.43 Å². The van der Waals surface area contributed by atoms with Gasteiger partial charge in [0.05, 0.1) is 11.0 Å². The van der Waals surface area contributed by atoms with Crippen molar-refractivity contribution in [1.29, 1.82) is 0 Å². The van der Waals surface area contributed by atoms with Crippen molar-refractivity contribution in [2.75, 3.05) is 0 Å². The van der Waals surface area contributed by atoms with E-state index in [1.54, 1.807) is 36.4 Å². The highest BCUT2D eigenvalue weighted by Crippen LogP contribution is 2.33. The maximum Gasteiger partial charge on any atom is 0.197 e. The number of carbonyl (C=O) groups is 2. The van der Waals surface area contributed by atoms with Gasteiger partial charge >= 0.3 is 0 Å². The number of Topliss-reactive ketones (excluding diaryl/α,β-unsaturated/α-hetero) is 2. The highest BCUT2D eigenvalue weighted by Gasteiger charge is 2.38. The van der Waals surface area contributed by atoms with E-state index in [0.29, 0.717) is 58.6 Å². The van der Waals surface area contributed by atoms with Crippen LogP contribution in [0.1, 0.15) is 84.9 Å². The lowest BCUT2D eigenvalue weighted by molar-refractivity contribution is 0.0116. The van der Waals surface area contributed by atoms with E-state index in [2.05, 4.69) is 0 Å². The Morgan fingerprint density at radius 1 is 0.706 bits per heavy atom. The lowest BCUT2D eigenvalue weighted by Crippen LogP contribution is -2.40. The number of carbonyl (C=O) groups excluding carboxylic acids is 2. The van der Waals surface area contributed by atoms with Crippen molar-refractivity contribution in [3.63, 3.8) is 0 Å². The molecule has 1 heterocycles. The van der Waals surface area contributed by atoms with Gasteiger partial charge in [0.25, 0.3) is 0 Å². The van der Waals surface area contributed by atoms with Crippen LogP contribution in [-0.2, 0) is 7.05 Å². The number of pyridine rings is 1. The van der Waals surface area contributed by atoms with Crippen LogP contribution in [0.2, 0.25) is 0 Å². The van der Waals surface area contributed by atoms with E-state index in [-0.39, 0.29) is 17.0 Å². The minimum absolute atomic E-state index is 0.265. The van der Waals surface area contributed by atoms with Gasteiger partial charge in [-0.15, -0.1) is 0 Å². The zero-order chi connectivity index (χ0) is 24.1. The molecule has 1 aromatic heterocycles. The highest BCUT2D eigenvalue weighted by atomic mass is 16.3. The van der Waals surface area contributed by atoms with Crippen LogP contribution in [0, 0.1) is 0 Å². The van der Waals surface area contributed by atoms with Gasteiger partial charge < -0.3 is 14.8 Å². The molecule has 3 aromatic rings. The zero-order valence-electron chi connectivity index (χ0n) is 19.6. The van der Waals surface area contributed by atoms with Gasteiger partial charge in [-0.05, 0) is 62.1 Å². The van der Waals surface area contributed by atoms with Gasteiger partial charge in [-0.25, -0.2) is 0 Å². The summed E-state index contributed by atoms with van der Waals surface area (Å²) in [5.41, 5.74) is -0.997. The molecule has 0 amide bonds. The maximum atomic E-state index is 13.5. The van der Waals surface area contributed by atoms with Gasteiger partial charge in [0.1, 0.15) is 11.2 Å². The number of rotatable bonds is 4. The summed E-state index contributed by atoms with van der Waals surface area (Å²) in [6.07, 6.45) is 7.02. The molecule has 34 heavy (non-hydrogen) atoms. The number of aromatic nitrogens is 1. The van der Waals surface area contributed by atoms with Crippen molar-refractivity contribution in [3.05, 3.63) is 57.7 Å². The predicted octanol–water partition coefficient (Wildman–Crippen LogP) is 4.45. The Balaban J connectivity index is 1.61. The third-order valence-corrected chi connectivity index (χ3v) is 7.94. The molecule has 0 unspecified atom stereocenters. The first-order chi connectivity index (χ1) is 16.2. The summed E-state index contributed by atoms with van der Waals surface area (Å²) in [4.78, 5) is 39.8. The fourth-order valence-electron chi connectivity index (χ4n) is 5.84.